The van der Waals surface area contributed by atoms with Crippen LogP contribution in [0.15, 0.2) is 24.3 Å². The summed E-state index contributed by atoms with van der Waals surface area (Å²) in [6.45, 7) is 0.322. The monoisotopic (exact) mass is 264 g/mol. The Morgan fingerprint density at radius 3 is 2.78 bits per heavy atom. The van der Waals surface area contributed by atoms with E-state index < -0.39 is 5.91 Å². The largest absolute Gasteiger partial charge is 0.487 e. The summed E-state index contributed by atoms with van der Waals surface area (Å²) in [4.78, 5) is 10.9. The topological polar surface area (TPSA) is 90.1 Å². The number of primary amides is 1. The van der Waals surface area contributed by atoms with Crippen LogP contribution in [-0.2, 0) is 6.61 Å². The molecule has 94 valence electrons. The fraction of sp³-hybridized carbons (Fsp3) is 0.182. The minimum absolute atomic E-state index is 0.322. The lowest BCUT2D eigenvalue weighted by Gasteiger charge is -2.05. The average molecular weight is 264 g/mol. The lowest BCUT2D eigenvalue weighted by Crippen LogP contribution is -2.10. The van der Waals surface area contributed by atoms with Crippen LogP contribution in [0.3, 0.4) is 0 Å². The molecule has 2 rings (SSSR count). The highest BCUT2D eigenvalue weighted by molar-refractivity contribution is 7.10. The van der Waals surface area contributed by atoms with Gasteiger partial charge in [-0.2, -0.15) is 0 Å². The molecule has 0 aliphatic heterocycles. The first kappa shape index (κ1) is 12.3. The second kappa shape index (κ2) is 5.46. The Morgan fingerprint density at radius 2 is 2.17 bits per heavy atom. The second-order valence-corrected chi connectivity index (χ2v) is 4.23. The molecule has 1 aromatic heterocycles. The lowest BCUT2D eigenvalue weighted by molar-refractivity contribution is 0.100. The maximum Gasteiger partial charge on any atom is 0.248 e. The number of ether oxygens (including phenoxy) is 1. The van der Waals surface area contributed by atoms with Crippen LogP contribution < -0.4 is 15.8 Å². The summed E-state index contributed by atoms with van der Waals surface area (Å²) in [6.07, 6.45) is 0. The van der Waals surface area contributed by atoms with E-state index in [-0.39, 0.29) is 0 Å². The van der Waals surface area contributed by atoms with E-state index in [4.69, 9.17) is 10.5 Å². The highest BCUT2D eigenvalue weighted by Gasteiger charge is 2.07. The molecule has 0 unspecified atom stereocenters. The van der Waals surface area contributed by atoms with E-state index in [0.29, 0.717) is 17.9 Å². The van der Waals surface area contributed by atoms with Crippen LogP contribution in [0, 0.1) is 0 Å². The van der Waals surface area contributed by atoms with Gasteiger partial charge in [0.2, 0.25) is 5.91 Å². The number of hydrogen-bond donors (Lipinski definition) is 2. The summed E-state index contributed by atoms with van der Waals surface area (Å²) >= 11 is 1.28. The van der Waals surface area contributed by atoms with Gasteiger partial charge in [-0.25, -0.2) is 0 Å². The number of carbonyl (C=O) groups is 1. The smallest absolute Gasteiger partial charge is 0.248 e. The Bertz CT molecular complexity index is 538. The van der Waals surface area contributed by atoms with Gasteiger partial charge in [0, 0.05) is 24.1 Å². The van der Waals surface area contributed by atoms with Crippen LogP contribution in [0.1, 0.15) is 16.1 Å². The number of nitrogens with two attached hydrogens (primary N) is 1. The first-order valence-corrected chi connectivity index (χ1v) is 5.99. The molecule has 7 heteroatoms. The number of nitrogens with one attached hydrogen (secondary N) is 1. The van der Waals surface area contributed by atoms with E-state index in [2.05, 4.69) is 14.9 Å². The Labute approximate surface area is 108 Å². The molecule has 1 heterocycles. The van der Waals surface area contributed by atoms with E-state index in [0.717, 1.165) is 10.7 Å². The van der Waals surface area contributed by atoms with E-state index in [1.165, 1.54) is 11.5 Å². The van der Waals surface area contributed by atoms with Crippen LogP contribution in [0.5, 0.6) is 5.75 Å². The SMILES string of the molecule is CNc1snnc1COc1ccc(C(N)=O)cc1. The number of aromatic nitrogens is 2. The third-order valence-electron chi connectivity index (χ3n) is 2.30. The summed E-state index contributed by atoms with van der Waals surface area (Å²) in [7, 11) is 1.81. The fourth-order valence-corrected chi connectivity index (χ4v) is 1.88. The quantitative estimate of drug-likeness (QED) is 0.848. The molecular formula is C11H12N4O2S. The Kier molecular flexibility index (Phi) is 3.73. The minimum Gasteiger partial charge on any atom is -0.487 e. The highest BCUT2D eigenvalue weighted by atomic mass is 32.1. The number of anilines is 1. The zero-order chi connectivity index (χ0) is 13.0. The van der Waals surface area contributed by atoms with E-state index in [1.807, 2.05) is 0 Å². The molecule has 1 amide bonds. The molecule has 18 heavy (non-hydrogen) atoms. The molecule has 0 aliphatic rings. The molecule has 0 atom stereocenters. The van der Waals surface area contributed by atoms with Gasteiger partial charge >= 0.3 is 0 Å². The van der Waals surface area contributed by atoms with Crippen molar-refractivity contribution in [3.63, 3.8) is 0 Å². The fourth-order valence-electron chi connectivity index (χ4n) is 1.36. The minimum atomic E-state index is -0.456. The molecule has 0 saturated heterocycles. The van der Waals surface area contributed by atoms with Crippen molar-refractivity contribution >= 4 is 22.4 Å². The predicted octanol–water partition coefficient (Wildman–Crippen LogP) is 1.26. The Hall–Kier alpha value is -2.15. The van der Waals surface area contributed by atoms with Gasteiger partial charge in [-0.3, -0.25) is 4.79 Å². The van der Waals surface area contributed by atoms with Gasteiger partial charge in [-0.1, -0.05) is 4.49 Å². The third kappa shape index (κ3) is 2.75. The summed E-state index contributed by atoms with van der Waals surface area (Å²) in [5.74, 6) is 0.192. The van der Waals surface area contributed by atoms with E-state index in [1.54, 1.807) is 31.3 Å². The zero-order valence-corrected chi connectivity index (χ0v) is 10.5. The van der Waals surface area contributed by atoms with Crippen molar-refractivity contribution in [2.24, 2.45) is 5.73 Å². The number of amides is 1. The van der Waals surface area contributed by atoms with Crippen LogP contribution in [0.4, 0.5) is 5.00 Å². The number of benzene rings is 1. The van der Waals surface area contributed by atoms with Crippen LogP contribution in [-0.4, -0.2) is 22.5 Å². The summed E-state index contributed by atoms with van der Waals surface area (Å²) in [5, 5.41) is 7.82. The number of hydrogen-bond acceptors (Lipinski definition) is 6. The Balaban J connectivity index is 2.00. The van der Waals surface area contributed by atoms with Gasteiger partial charge in [0.1, 0.15) is 23.1 Å². The van der Waals surface area contributed by atoms with E-state index in [9.17, 15) is 4.79 Å². The van der Waals surface area contributed by atoms with Gasteiger partial charge in [0.15, 0.2) is 0 Å². The lowest BCUT2D eigenvalue weighted by atomic mass is 10.2. The van der Waals surface area contributed by atoms with Crippen LogP contribution >= 0.6 is 11.5 Å². The summed E-state index contributed by atoms with van der Waals surface area (Å²) in [6, 6.07) is 6.63. The van der Waals surface area contributed by atoms with Crippen molar-refractivity contribution in [2.45, 2.75) is 6.61 Å². The highest BCUT2D eigenvalue weighted by Crippen LogP contribution is 2.19. The van der Waals surface area contributed by atoms with Gasteiger partial charge in [-0.05, 0) is 24.3 Å². The van der Waals surface area contributed by atoms with Crippen molar-refractivity contribution in [3.8, 4) is 5.75 Å². The maximum absolute atomic E-state index is 10.9. The molecule has 2 aromatic rings. The molecule has 0 bridgehead atoms. The van der Waals surface area contributed by atoms with Crippen LogP contribution in [0.25, 0.3) is 0 Å². The normalized spacial score (nSPS) is 10.1. The molecular weight excluding hydrogens is 252 g/mol. The maximum atomic E-state index is 10.9. The molecule has 1 aromatic carbocycles. The van der Waals surface area contributed by atoms with Crippen molar-refractivity contribution in [1.29, 1.82) is 0 Å². The number of carbonyl (C=O) groups excluding carboxylic acids is 1. The molecule has 0 aliphatic carbocycles. The molecule has 0 fully saturated rings. The van der Waals surface area contributed by atoms with Crippen molar-refractivity contribution in [3.05, 3.63) is 35.5 Å². The predicted molar refractivity (Wildman–Crippen MR) is 68.7 cm³/mol. The summed E-state index contributed by atoms with van der Waals surface area (Å²) in [5.41, 5.74) is 6.35. The van der Waals surface area contributed by atoms with Crippen LogP contribution in [0.2, 0.25) is 0 Å². The van der Waals surface area contributed by atoms with Gasteiger partial charge in [0.05, 0.1) is 0 Å². The first-order chi connectivity index (χ1) is 8.70. The molecule has 6 nitrogen and oxygen atoms in total. The molecule has 3 N–H and O–H groups in total. The molecule has 0 saturated carbocycles. The van der Waals surface area contributed by atoms with Gasteiger partial charge < -0.3 is 15.8 Å². The van der Waals surface area contributed by atoms with Gasteiger partial charge in [0.25, 0.3) is 0 Å². The zero-order valence-electron chi connectivity index (χ0n) is 9.71. The van der Waals surface area contributed by atoms with Crippen molar-refractivity contribution < 1.29 is 9.53 Å². The number of nitrogens with zero attached hydrogens (tertiary/aromatic N) is 2. The van der Waals surface area contributed by atoms with Crippen molar-refractivity contribution in [2.75, 3.05) is 12.4 Å². The molecule has 0 radical (unpaired) electrons. The molecule has 0 spiro atoms. The standard InChI is InChI=1S/C11H12N4O2S/c1-13-11-9(14-15-18-11)6-17-8-4-2-7(3-5-8)10(12)16/h2-5,13H,6H2,1H3,(H2,12,16). The van der Waals surface area contributed by atoms with Gasteiger partial charge in [-0.15, -0.1) is 5.10 Å². The Morgan fingerprint density at radius 1 is 1.44 bits per heavy atom. The summed E-state index contributed by atoms with van der Waals surface area (Å²) < 4.78 is 9.37. The number of rotatable bonds is 5. The average Bonchev–Trinajstić information content (AvgIpc) is 2.84. The second-order valence-electron chi connectivity index (χ2n) is 3.48. The van der Waals surface area contributed by atoms with E-state index >= 15 is 0 Å². The van der Waals surface area contributed by atoms with Crippen molar-refractivity contribution in [1.82, 2.24) is 9.59 Å². The first-order valence-electron chi connectivity index (χ1n) is 5.22. The third-order valence-corrected chi connectivity index (χ3v) is 3.08.